The maximum atomic E-state index is 10.4. The van der Waals surface area contributed by atoms with Crippen LogP contribution in [0.4, 0.5) is 0 Å². The second-order valence-corrected chi connectivity index (χ2v) is 4.59. The van der Waals surface area contributed by atoms with Crippen molar-refractivity contribution in [3.63, 3.8) is 0 Å². The first kappa shape index (κ1) is 12.6. The van der Waals surface area contributed by atoms with E-state index >= 15 is 0 Å². The number of carbonyl (C=O) groups is 1. The molecular formula is C10H11N3O4S. The lowest BCUT2D eigenvalue weighted by molar-refractivity contribution is -0.133. The lowest BCUT2D eigenvalue weighted by Crippen LogP contribution is -1.98. The van der Waals surface area contributed by atoms with Crippen molar-refractivity contribution in [2.45, 2.75) is 19.6 Å². The fraction of sp³-hybridized carbons (Fsp3) is 0.400. The summed E-state index contributed by atoms with van der Waals surface area (Å²) in [6.07, 6.45) is 0. The van der Waals surface area contributed by atoms with Crippen LogP contribution in [0.1, 0.15) is 17.3 Å². The molecule has 2 aromatic rings. The molecule has 0 aliphatic heterocycles. The second kappa shape index (κ2) is 5.21. The molecule has 2 aromatic heterocycles. The van der Waals surface area contributed by atoms with Gasteiger partial charge < -0.3 is 14.2 Å². The zero-order valence-corrected chi connectivity index (χ0v) is 10.7. The first-order valence-electron chi connectivity index (χ1n) is 5.13. The standard InChI is InChI=1S/C10H11N3O4S/c1-5-9(6(2)16-12-5)10-11-7(13-17-10)3-18-4-8(14)15/h3-4H2,1-2H3,(H,14,15). The molecule has 7 nitrogen and oxygen atoms in total. The number of hydrogen-bond donors (Lipinski definition) is 1. The van der Waals surface area contributed by atoms with Crippen LogP contribution in [-0.2, 0) is 10.5 Å². The number of aromatic nitrogens is 3. The van der Waals surface area contributed by atoms with Crippen molar-refractivity contribution >= 4 is 17.7 Å². The Bertz CT molecular complexity index is 544. The number of aliphatic carboxylic acids is 1. The number of carboxylic acids is 1. The summed E-state index contributed by atoms with van der Waals surface area (Å²) in [5.41, 5.74) is 1.37. The Morgan fingerprint density at radius 2 is 2.11 bits per heavy atom. The Kier molecular flexibility index (Phi) is 3.66. The Morgan fingerprint density at radius 1 is 1.33 bits per heavy atom. The van der Waals surface area contributed by atoms with Gasteiger partial charge in [0, 0.05) is 0 Å². The topological polar surface area (TPSA) is 102 Å². The van der Waals surface area contributed by atoms with Gasteiger partial charge in [0.2, 0.25) is 0 Å². The Balaban J connectivity index is 2.09. The van der Waals surface area contributed by atoms with Gasteiger partial charge >= 0.3 is 5.97 Å². The van der Waals surface area contributed by atoms with Gasteiger partial charge in [-0.2, -0.15) is 4.98 Å². The summed E-state index contributed by atoms with van der Waals surface area (Å²) in [7, 11) is 0. The van der Waals surface area contributed by atoms with Gasteiger partial charge in [-0.25, -0.2) is 0 Å². The molecule has 0 amide bonds. The van der Waals surface area contributed by atoms with Gasteiger partial charge in [0.15, 0.2) is 5.82 Å². The molecule has 0 fully saturated rings. The monoisotopic (exact) mass is 269 g/mol. The van der Waals surface area contributed by atoms with E-state index in [2.05, 4.69) is 15.3 Å². The average Bonchev–Trinajstić information content (AvgIpc) is 2.86. The van der Waals surface area contributed by atoms with Crippen LogP contribution in [-0.4, -0.2) is 32.1 Å². The van der Waals surface area contributed by atoms with Crippen molar-refractivity contribution in [1.82, 2.24) is 15.3 Å². The van der Waals surface area contributed by atoms with Crippen LogP contribution in [0.15, 0.2) is 9.05 Å². The van der Waals surface area contributed by atoms with Crippen molar-refractivity contribution in [3.05, 3.63) is 17.3 Å². The molecule has 96 valence electrons. The second-order valence-electron chi connectivity index (χ2n) is 3.60. The highest BCUT2D eigenvalue weighted by atomic mass is 32.2. The maximum absolute atomic E-state index is 10.4. The van der Waals surface area contributed by atoms with Gasteiger partial charge in [0.1, 0.15) is 11.3 Å². The molecule has 0 aliphatic rings. The highest BCUT2D eigenvalue weighted by molar-refractivity contribution is 7.99. The lowest BCUT2D eigenvalue weighted by atomic mass is 10.2. The first-order chi connectivity index (χ1) is 8.58. The minimum absolute atomic E-state index is 0.00912. The van der Waals surface area contributed by atoms with Crippen molar-refractivity contribution in [2.75, 3.05) is 5.75 Å². The Hall–Kier alpha value is -1.83. The van der Waals surface area contributed by atoms with E-state index in [-0.39, 0.29) is 5.75 Å². The molecule has 0 unspecified atom stereocenters. The van der Waals surface area contributed by atoms with Crippen LogP contribution in [0, 0.1) is 13.8 Å². The highest BCUT2D eigenvalue weighted by Gasteiger charge is 2.18. The van der Waals surface area contributed by atoms with E-state index < -0.39 is 5.97 Å². The van der Waals surface area contributed by atoms with E-state index in [0.29, 0.717) is 34.5 Å². The van der Waals surface area contributed by atoms with Gasteiger partial charge in [-0.05, 0) is 13.8 Å². The molecule has 0 atom stereocenters. The van der Waals surface area contributed by atoms with Crippen molar-refractivity contribution in [2.24, 2.45) is 0 Å². The summed E-state index contributed by atoms with van der Waals surface area (Å²) in [6, 6.07) is 0. The van der Waals surface area contributed by atoms with Crippen LogP contribution in [0.25, 0.3) is 11.5 Å². The van der Waals surface area contributed by atoms with Gasteiger partial charge in [0.25, 0.3) is 5.89 Å². The Morgan fingerprint density at radius 3 is 2.72 bits per heavy atom. The third-order valence-corrected chi connectivity index (χ3v) is 3.09. The third-order valence-electron chi connectivity index (χ3n) is 2.17. The molecule has 18 heavy (non-hydrogen) atoms. The number of rotatable bonds is 5. The van der Waals surface area contributed by atoms with Gasteiger partial charge in [0.05, 0.1) is 17.2 Å². The Labute approximate surface area is 107 Å². The van der Waals surface area contributed by atoms with Gasteiger partial charge in [-0.1, -0.05) is 10.3 Å². The number of aryl methyl sites for hydroxylation is 2. The van der Waals surface area contributed by atoms with E-state index in [4.69, 9.17) is 14.2 Å². The van der Waals surface area contributed by atoms with Crippen molar-refractivity contribution < 1.29 is 18.9 Å². The van der Waals surface area contributed by atoms with Gasteiger partial charge in [-0.3, -0.25) is 4.79 Å². The fourth-order valence-corrected chi connectivity index (χ4v) is 2.01. The minimum atomic E-state index is -0.866. The summed E-state index contributed by atoms with van der Waals surface area (Å²) in [6.45, 7) is 3.55. The van der Waals surface area contributed by atoms with Crippen LogP contribution in [0.3, 0.4) is 0 Å². The van der Waals surface area contributed by atoms with E-state index in [1.807, 2.05) is 0 Å². The van der Waals surface area contributed by atoms with E-state index in [1.165, 1.54) is 11.8 Å². The zero-order valence-electron chi connectivity index (χ0n) is 9.84. The summed E-state index contributed by atoms with van der Waals surface area (Å²) < 4.78 is 10.1. The largest absolute Gasteiger partial charge is 0.481 e. The number of nitrogens with zero attached hydrogens (tertiary/aromatic N) is 3. The molecule has 8 heteroatoms. The molecule has 1 N–H and O–H groups in total. The van der Waals surface area contributed by atoms with Crippen LogP contribution >= 0.6 is 11.8 Å². The summed E-state index contributed by atoms with van der Waals surface area (Å²) in [4.78, 5) is 14.5. The van der Waals surface area contributed by atoms with Crippen molar-refractivity contribution in [3.8, 4) is 11.5 Å². The number of carboxylic acid groups (broad SMARTS) is 1. The van der Waals surface area contributed by atoms with E-state index in [9.17, 15) is 4.79 Å². The SMILES string of the molecule is Cc1noc(C)c1-c1nc(CSCC(=O)O)no1. The number of hydrogen-bond acceptors (Lipinski definition) is 7. The molecule has 0 saturated heterocycles. The van der Waals surface area contributed by atoms with E-state index in [0.717, 1.165) is 0 Å². The summed E-state index contributed by atoms with van der Waals surface area (Å²) in [5, 5.41) is 16.1. The first-order valence-corrected chi connectivity index (χ1v) is 6.28. The molecule has 2 heterocycles. The molecule has 0 radical (unpaired) electrons. The van der Waals surface area contributed by atoms with Crippen molar-refractivity contribution in [1.29, 1.82) is 0 Å². The smallest absolute Gasteiger partial charge is 0.313 e. The van der Waals surface area contributed by atoms with Crippen LogP contribution in [0.2, 0.25) is 0 Å². The normalized spacial score (nSPS) is 10.8. The van der Waals surface area contributed by atoms with Gasteiger partial charge in [-0.15, -0.1) is 11.8 Å². The van der Waals surface area contributed by atoms with E-state index in [1.54, 1.807) is 13.8 Å². The van der Waals surface area contributed by atoms with Crippen LogP contribution < -0.4 is 0 Å². The predicted octanol–water partition coefficient (Wildman–Crippen LogP) is 1.66. The predicted molar refractivity (Wildman–Crippen MR) is 63.1 cm³/mol. The fourth-order valence-electron chi connectivity index (χ4n) is 1.43. The molecule has 0 aliphatic carbocycles. The lowest BCUT2D eigenvalue weighted by Gasteiger charge is -1.91. The molecule has 0 bridgehead atoms. The third kappa shape index (κ3) is 2.70. The molecule has 0 aromatic carbocycles. The highest BCUT2D eigenvalue weighted by Crippen LogP contribution is 2.25. The minimum Gasteiger partial charge on any atom is -0.481 e. The molecular weight excluding hydrogens is 258 g/mol. The maximum Gasteiger partial charge on any atom is 0.313 e. The zero-order chi connectivity index (χ0) is 13.1. The quantitative estimate of drug-likeness (QED) is 0.874. The number of thioether (sulfide) groups is 1. The molecule has 0 spiro atoms. The molecule has 0 saturated carbocycles. The summed E-state index contributed by atoms with van der Waals surface area (Å²) in [5.74, 6) is 0.942. The van der Waals surface area contributed by atoms with Crippen LogP contribution in [0.5, 0.6) is 0 Å². The summed E-state index contributed by atoms with van der Waals surface area (Å²) >= 11 is 1.21. The average molecular weight is 269 g/mol. The molecule has 2 rings (SSSR count).